The summed E-state index contributed by atoms with van der Waals surface area (Å²) in [7, 11) is 0. The first-order valence-corrected chi connectivity index (χ1v) is 8.61. The Hall–Kier alpha value is -3.22. The van der Waals surface area contributed by atoms with E-state index in [2.05, 4.69) is 31.3 Å². The minimum atomic E-state index is -0.205. The molecule has 0 radical (unpaired) electrons. The Bertz CT molecular complexity index is 964. The van der Waals surface area contributed by atoms with Crippen LogP contribution in [-0.2, 0) is 0 Å². The first kappa shape index (κ1) is 16.3. The van der Waals surface area contributed by atoms with Crippen molar-refractivity contribution in [3.63, 3.8) is 0 Å². The molecule has 1 amide bonds. The van der Waals surface area contributed by atoms with Crippen molar-refractivity contribution >= 4 is 16.9 Å². The van der Waals surface area contributed by atoms with Crippen LogP contribution in [0.2, 0.25) is 0 Å². The summed E-state index contributed by atoms with van der Waals surface area (Å²) < 4.78 is 10.5. The van der Waals surface area contributed by atoms with Gasteiger partial charge in [0, 0.05) is 18.8 Å². The molecule has 0 aliphatic heterocycles. The van der Waals surface area contributed by atoms with Gasteiger partial charge in [-0.25, -0.2) is 9.61 Å². The molecule has 0 saturated heterocycles. The van der Waals surface area contributed by atoms with Crippen LogP contribution in [0.15, 0.2) is 52.8 Å². The lowest BCUT2D eigenvalue weighted by atomic mass is 10.00. The van der Waals surface area contributed by atoms with Gasteiger partial charge in [0.1, 0.15) is 22.3 Å². The number of allylic oxidation sites excluding steroid dienone is 1. The highest BCUT2D eigenvalue weighted by Gasteiger charge is 2.15. The van der Waals surface area contributed by atoms with Crippen molar-refractivity contribution in [1.29, 1.82) is 0 Å². The third kappa shape index (κ3) is 3.56. The van der Waals surface area contributed by atoms with Crippen LogP contribution in [-0.4, -0.2) is 27.7 Å². The van der Waals surface area contributed by atoms with Crippen LogP contribution in [0.3, 0.4) is 0 Å². The number of nitrogens with zero attached hydrogens (tertiary/aromatic N) is 3. The van der Waals surface area contributed by atoms with Gasteiger partial charge in [-0.3, -0.25) is 4.79 Å². The molecule has 2 heterocycles. The molecule has 1 aliphatic carbocycles. The van der Waals surface area contributed by atoms with E-state index in [4.69, 9.17) is 4.74 Å². The van der Waals surface area contributed by atoms with E-state index in [-0.39, 0.29) is 11.8 Å². The molecule has 0 spiro atoms. The topological polar surface area (TPSA) is 90.1 Å². The highest BCUT2D eigenvalue weighted by molar-refractivity contribution is 5.96. The SMILES string of the molecule is O=C(NCC1=CCCCC1)c1cccnc1Oc1ccc2nonc2c1. The van der Waals surface area contributed by atoms with Gasteiger partial charge in [-0.2, -0.15) is 0 Å². The standard InChI is InChI=1S/C19H18N4O3/c24-18(21-12-13-5-2-1-3-6-13)15-7-4-10-20-19(15)25-14-8-9-16-17(11-14)23-26-22-16/h4-5,7-11H,1-3,6,12H2,(H,21,24). The first-order chi connectivity index (χ1) is 12.8. The van der Waals surface area contributed by atoms with Crippen LogP contribution in [0.5, 0.6) is 11.6 Å². The van der Waals surface area contributed by atoms with E-state index < -0.39 is 0 Å². The van der Waals surface area contributed by atoms with Crippen molar-refractivity contribution in [2.75, 3.05) is 6.54 Å². The number of hydrogen-bond donors (Lipinski definition) is 1. The maximum Gasteiger partial charge on any atom is 0.257 e. The largest absolute Gasteiger partial charge is 0.438 e. The Morgan fingerprint density at radius 1 is 1.19 bits per heavy atom. The minimum Gasteiger partial charge on any atom is -0.438 e. The number of hydrogen-bond acceptors (Lipinski definition) is 6. The first-order valence-electron chi connectivity index (χ1n) is 8.61. The van der Waals surface area contributed by atoms with Crippen molar-refractivity contribution in [2.24, 2.45) is 0 Å². The molecule has 0 atom stereocenters. The van der Waals surface area contributed by atoms with E-state index >= 15 is 0 Å². The molecular formula is C19H18N4O3. The Kier molecular flexibility index (Phi) is 4.59. The molecule has 132 valence electrons. The van der Waals surface area contributed by atoms with Crippen LogP contribution in [0.4, 0.5) is 0 Å². The van der Waals surface area contributed by atoms with E-state index in [1.54, 1.807) is 36.5 Å². The quantitative estimate of drug-likeness (QED) is 0.707. The molecule has 7 nitrogen and oxygen atoms in total. The number of carbonyl (C=O) groups excluding carboxylic acids is 1. The number of ether oxygens (including phenoxy) is 1. The second-order valence-electron chi connectivity index (χ2n) is 6.16. The number of pyridine rings is 1. The zero-order chi connectivity index (χ0) is 17.8. The number of nitrogens with one attached hydrogen (secondary N) is 1. The highest BCUT2D eigenvalue weighted by Crippen LogP contribution is 2.25. The molecule has 1 aromatic carbocycles. The average molecular weight is 350 g/mol. The fourth-order valence-corrected chi connectivity index (χ4v) is 2.94. The maximum absolute atomic E-state index is 12.6. The molecule has 4 rings (SSSR count). The fraction of sp³-hybridized carbons (Fsp3) is 0.263. The van der Waals surface area contributed by atoms with Gasteiger partial charge in [-0.05, 0) is 60.3 Å². The summed E-state index contributed by atoms with van der Waals surface area (Å²) in [6.07, 6.45) is 8.34. The normalized spacial score (nSPS) is 14.1. The summed E-state index contributed by atoms with van der Waals surface area (Å²) in [6, 6.07) is 8.57. The number of benzene rings is 1. The van der Waals surface area contributed by atoms with Crippen LogP contribution < -0.4 is 10.1 Å². The third-order valence-corrected chi connectivity index (χ3v) is 4.32. The number of fused-ring (bicyclic) bond motifs is 1. The molecular weight excluding hydrogens is 332 g/mol. The molecule has 0 saturated carbocycles. The molecule has 0 bridgehead atoms. The Morgan fingerprint density at radius 3 is 3.00 bits per heavy atom. The van der Waals surface area contributed by atoms with Gasteiger partial charge in [0.25, 0.3) is 5.91 Å². The molecule has 26 heavy (non-hydrogen) atoms. The summed E-state index contributed by atoms with van der Waals surface area (Å²) >= 11 is 0. The fourth-order valence-electron chi connectivity index (χ4n) is 2.94. The van der Waals surface area contributed by atoms with Gasteiger partial charge >= 0.3 is 0 Å². The van der Waals surface area contributed by atoms with Gasteiger partial charge < -0.3 is 10.1 Å². The summed E-state index contributed by atoms with van der Waals surface area (Å²) in [6.45, 7) is 0.559. The smallest absolute Gasteiger partial charge is 0.257 e. The number of aromatic nitrogens is 3. The van der Waals surface area contributed by atoms with Gasteiger partial charge in [0.2, 0.25) is 5.88 Å². The Morgan fingerprint density at radius 2 is 2.12 bits per heavy atom. The van der Waals surface area contributed by atoms with Gasteiger partial charge in [0.15, 0.2) is 0 Å². The molecule has 0 unspecified atom stereocenters. The van der Waals surface area contributed by atoms with E-state index in [1.165, 1.54) is 18.4 Å². The zero-order valence-corrected chi connectivity index (χ0v) is 14.1. The average Bonchev–Trinajstić information content (AvgIpc) is 3.15. The zero-order valence-electron chi connectivity index (χ0n) is 14.1. The van der Waals surface area contributed by atoms with Crippen molar-refractivity contribution in [1.82, 2.24) is 20.6 Å². The second-order valence-corrected chi connectivity index (χ2v) is 6.16. The Labute approximate surface area is 150 Å². The summed E-state index contributed by atoms with van der Waals surface area (Å²) in [5.74, 6) is 0.554. The van der Waals surface area contributed by atoms with Crippen LogP contribution in [0, 0.1) is 0 Å². The lowest BCUT2D eigenvalue weighted by Crippen LogP contribution is -2.26. The van der Waals surface area contributed by atoms with Crippen molar-refractivity contribution in [3.8, 4) is 11.6 Å². The highest BCUT2D eigenvalue weighted by atomic mass is 16.6. The summed E-state index contributed by atoms with van der Waals surface area (Å²) in [4.78, 5) is 16.8. The van der Waals surface area contributed by atoms with E-state index in [9.17, 15) is 4.79 Å². The van der Waals surface area contributed by atoms with E-state index in [0.29, 0.717) is 28.9 Å². The van der Waals surface area contributed by atoms with Gasteiger partial charge in [0.05, 0.1) is 0 Å². The van der Waals surface area contributed by atoms with E-state index in [0.717, 1.165) is 12.8 Å². The molecule has 3 aromatic rings. The van der Waals surface area contributed by atoms with Crippen LogP contribution in [0.1, 0.15) is 36.0 Å². The van der Waals surface area contributed by atoms with Crippen molar-refractivity contribution in [3.05, 3.63) is 53.7 Å². The maximum atomic E-state index is 12.6. The summed E-state index contributed by atoms with van der Waals surface area (Å²) in [5, 5.41) is 10.5. The lowest BCUT2D eigenvalue weighted by molar-refractivity contribution is 0.0953. The second kappa shape index (κ2) is 7.35. The monoisotopic (exact) mass is 350 g/mol. The van der Waals surface area contributed by atoms with Crippen LogP contribution >= 0.6 is 0 Å². The van der Waals surface area contributed by atoms with Crippen LogP contribution in [0.25, 0.3) is 11.0 Å². The molecule has 1 aliphatic rings. The summed E-state index contributed by atoms with van der Waals surface area (Å²) in [5.41, 5.74) is 2.88. The number of rotatable bonds is 5. The predicted molar refractivity (Wildman–Crippen MR) is 95.0 cm³/mol. The van der Waals surface area contributed by atoms with Gasteiger partial charge in [-0.1, -0.05) is 11.6 Å². The van der Waals surface area contributed by atoms with E-state index in [1.807, 2.05) is 0 Å². The Balaban J connectivity index is 1.50. The molecule has 2 aromatic heterocycles. The lowest BCUT2D eigenvalue weighted by Gasteiger charge is -2.14. The molecule has 7 heteroatoms. The predicted octanol–water partition coefficient (Wildman–Crippen LogP) is 3.64. The molecule has 1 N–H and O–H groups in total. The number of carbonyl (C=O) groups is 1. The third-order valence-electron chi connectivity index (χ3n) is 4.32. The minimum absolute atomic E-state index is 0.205. The van der Waals surface area contributed by atoms with Crippen molar-refractivity contribution < 1.29 is 14.2 Å². The van der Waals surface area contributed by atoms with Gasteiger partial charge in [-0.15, -0.1) is 0 Å². The molecule has 0 fully saturated rings. The van der Waals surface area contributed by atoms with Crippen molar-refractivity contribution in [2.45, 2.75) is 25.7 Å². The number of amides is 1.